The van der Waals surface area contributed by atoms with Crippen molar-refractivity contribution in [2.75, 3.05) is 5.73 Å². The highest BCUT2D eigenvalue weighted by Gasteiger charge is 2.12. The quantitative estimate of drug-likeness (QED) is 0.710. The summed E-state index contributed by atoms with van der Waals surface area (Å²) in [7, 11) is 0. The van der Waals surface area contributed by atoms with E-state index in [4.69, 9.17) is 10.5 Å². The van der Waals surface area contributed by atoms with Gasteiger partial charge in [-0.1, -0.05) is 36.0 Å². The van der Waals surface area contributed by atoms with Crippen molar-refractivity contribution in [2.45, 2.75) is 23.8 Å². The Labute approximate surface area is 139 Å². The molecule has 0 amide bonds. The first-order valence-electron chi connectivity index (χ1n) is 7.21. The average Bonchev–Trinajstić information content (AvgIpc) is 2.51. The first kappa shape index (κ1) is 15.4. The largest absolute Gasteiger partial charge is 0.437 e. The maximum absolute atomic E-state index is 6.18. The molecule has 0 atom stereocenters. The Morgan fingerprint density at radius 2 is 1.65 bits per heavy atom. The minimum absolute atomic E-state index is 0.378. The molecular weight excluding hydrogens is 306 g/mol. The smallest absolute Gasteiger partial charge is 0.247 e. The maximum Gasteiger partial charge on any atom is 0.247 e. The average molecular weight is 323 g/mol. The first-order chi connectivity index (χ1) is 11.1. The lowest BCUT2D eigenvalue weighted by Gasteiger charge is -2.11. The summed E-state index contributed by atoms with van der Waals surface area (Å²) in [5.74, 6) is 1.10. The number of nitrogens with two attached hydrogens (primary N) is 1. The van der Waals surface area contributed by atoms with E-state index in [2.05, 4.69) is 16.0 Å². The number of nitrogen functional groups attached to an aromatic ring is 1. The molecule has 1 aromatic heterocycles. The molecule has 0 bridgehead atoms. The number of aryl methyl sites for hydroxylation is 2. The van der Waals surface area contributed by atoms with Crippen molar-refractivity contribution in [3.63, 3.8) is 0 Å². The lowest BCUT2D eigenvalue weighted by Crippen LogP contribution is -1.99. The SMILES string of the molecule is Cc1cc(C)cc(Oc2ncnc(Sc3ccccc3)c2N)c1. The van der Waals surface area contributed by atoms with Gasteiger partial charge in [0.25, 0.3) is 0 Å². The van der Waals surface area contributed by atoms with Crippen LogP contribution >= 0.6 is 11.8 Å². The van der Waals surface area contributed by atoms with E-state index >= 15 is 0 Å². The molecule has 0 saturated heterocycles. The highest BCUT2D eigenvalue weighted by molar-refractivity contribution is 7.99. The van der Waals surface area contributed by atoms with E-state index in [0.29, 0.717) is 16.6 Å². The molecule has 0 unspecified atom stereocenters. The van der Waals surface area contributed by atoms with Gasteiger partial charge < -0.3 is 10.5 Å². The van der Waals surface area contributed by atoms with Crippen molar-refractivity contribution in [1.82, 2.24) is 9.97 Å². The van der Waals surface area contributed by atoms with E-state index in [0.717, 1.165) is 21.8 Å². The van der Waals surface area contributed by atoms with Gasteiger partial charge in [0.2, 0.25) is 5.88 Å². The Hall–Kier alpha value is -2.53. The zero-order valence-corrected chi connectivity index (χ0v) is 13.8. The number of rotatable bonds is 4. The van der Waals surface area contributed by atoms with Gasteiger partial charge in [-0.25, -0.2) is 4.98 Å². The highest BCUT2D eigenvalue weighted by atomic mass is 32.2. The Bertz CT molecular complexity index is 802. The standard InChI is InChI=1S/C18H17N3OS/c1-12-8-13(2)10-14(9-12)22-17-16(19)18(21-11-20-17)23-15-6-4-3-5-7-15/h3-11H,19H2,1-2H3. The summed E-state index contributed by atoms with van der Waals surface area (Å²) in [5, 5.41) is 0.686. The van der Waals surface area contributed by atoms with Gasteiger partial charge in [-0.15, -0.1) is 0 Å². The minimum atomic E-state index is 0.378. The number of aromatic nitrogens is 2. The molecule has 0 aliphatic carbocycles. The van der Waals surface area contributed by atoms with Gasteiger partial charge in [0, 0.05) is 4.90 Å². The van der Waals surface area contributed by atoms with Gasteiger partial charge in [-0.05, 0) is 49.2 Å². The molecule has 5 heteroatoms. The second-order valence-corrected chi connectivity index (χ2v) is 6.30. The normalized spacial score (nSPS) is 10.5. The molecule has 0 fully saturated rings. The molecule has 0 aliphatic rings. The number of benzene rings is 2. The summed E-state index contributed by atoms with van der Waals surface area (Å²) in [6, 6.07) is 16.0. The lowest BCUT2D eigenvalue weighted by molar-refractivity contribution is 0.461. The molecule has 4 nitrogen and oxygen atoms in total. The third-order valence-electron chi connectivity index (χ3n) is 3.18. The van der Waals surface area contributed by atoms with Crippen LogP contribution in [-0.4, -0.2) is 9.97 Å². The molecule has 0 saturated carbocycles. The van der Waals surface area contributed by atoms with Crippen LogP contribution in [0.3, 0.4) is 0 Å². The molecule has 2 N–H and O–H groups in total. The zero-order chi connectivity index (χ0) is 16.2. The van der Waals surface area contributed by atoms with Crippen molar-refractivity contribution < 1.29 is 4.74 Å². The van der Waals surface area contributed by atoms with Crippen LogP contribution in [0.2, 0.25) is 0 Å². The predicted octanol–water partition coefficient (Wildman–Crippen LogP) is 4.62. The van der Waals surface area contributed by atoms with Crippen molar-refractivity contribution in [1.29, 1.82) is 0 Å². The van der Waals surface area contributed by atoms with Gasteiger partial charge in [0.1, 0.15) is 22.8 Å². The van der Waals surface area contributed by atoms with Crippen LogP contribution in [0.4, 0.5) is 5.69 Å². The lowest BCUT2D eigenvalue weighted by atomic mass is 10.1. The fraction of sp³-hybridized carbons (Fsp3) is 0.111. The second kappa shape index (κ2) is 6.71. The topological polar surface area (TPSA) is 61.0 Å². The van der Waals surface area contributed by atoms with Crippen LogP contribution in [0.5, 0.6) is 11.6 Å². The summed E-state index contributed by atoms with van der Waals surface area (Å²) in [4.78, 5) is 9.49. The Kier molecular flexibility index (Phi) is 4.48. The number of anilines is 1. The summed E-state index contributed by atoms with van der Waals surface area (Å²) in [5.41, 5.74) is 8.89. The van der Waals surface area contributed by atoms with Crippen LogP contribution in [-0.2, 0) is 0 Å². The van der Waals surface area contributed by atoms with Gasteiger partial charge in [-0.3, -0.25) is 0 Å². The first-order valence-corrected chi connectivity index (χ1v) is 8.03. The van der Waals surface area contributed by atoms with Crippen molar-refractivity contribution in [2.24, 2.45) is 0 Å². The molecule has 3 rings (SSSR count). The molecule has 116 valence electrons. The molecule has 0 spiro atoms. The maximum atomic E-state index is 6.18. The molecule has 1 heterocycles. The molecule has 0 aliphatic heterocycles. The van der Waals surface area contributed by atoms with E-state index in [-0.39, 0.29) is 0 Å². The summed E-state index contributed by atoms with van der Waals surface area (Å²) in [6.07, 6.45) is 1.47. The third kappa shape index (κ3) is 3.81. The fourth-order valence-electron chi connectivity index (χ4n) is 2.23. The van der Waals surface area contributed by atoms with Crippen LogP contribution in [0.25, 0.3) is 0 Å². The fourth-order valence-corrected chi connectivity index (χ4v) is 3.04. The van der Waals surface area contributed by atoms with E-state index in [1.165, 1.54) is 18.1 Å². The third-order valence-corrected chi connectivity index (χ3v) is 4.20. The number of hydrogen-bond acceptors (Lipinski definition) is 5. The van der Waals surface area contributed by atoms with Crippen LogP contribution in [0.1, 0.15) is 11.1 Å². The number of ether oxygens (including phenoxy) is 1. The Balaban J connectivity index is 1.87. The molecular formula is C18H17N3OS. The monoisotopic (exact) mass is 323 g/mol. The van der Waals surface area contributed by atoms with Crippen LogP contribution in [0, 0.1) is 13.8 Å². The zero-order valence-electron chi connectivity index (χ0n) is 13.0. The van der Waals surface area contributed by atoms with Gasteiger partial charge >= 0.3 is 0 Å². The van der Waals surface area contributed by atoms with Gasteiger partial charge in [0.05, 0.1) is 0 Å². The van der Waals surface area contributed by atoms with Gasteiger partial charge in [0.15, 0.2) is 0 Å². The number of nitrogens with zero attached hydrogens (tertiary/aromatic N) is 2. The van der Waals surface area contributed by atoms with Gasteiger partial charge in [-0.2, -0.15) is 4.98 Å². The van der Waals surface area contributed by atoms with Crippen molar-refractivity contribution in [3.05, 3.63) is 66.0 Å². The predicted molar refractivity (Wildman–Crippen MR) is 93.0 cm³/mol. The van der Waals surface area contributed by atoms with E-state index < -0.39 is 0 Å². The molecule has 0 radical (unpaired) electrons. The van der Waals surface area contributed by atoms with Crippen molar-refractivity contribution in [3.8, 4) is 11.6 Å². The van der Waals surface area contributed by atoms with E-state index in [9.17, 15) is 0 Å². The summed E-state index contributed by atoms with van der Waals surface area (Å²) in [6.45, 7) is 4.06. The van der Waals surface area contributed by atoms with Crippen LogP contribution < -0.4 is 10.5 Å². The second-order valence-electron chi connectivity index (χ2n) is 5.24. The van der Waals surface area contributed by atoms with Crippen molar-refractivity contribution >= 4 is 17.4 Å². The Morgan fingerprint density at radius 1 is 0.957 bits per heavy atom. The minimum Gasteiger partial charge on any atom is -0.437 e. The van der Waals surface area contributed by atoms with Crippen LogP contribution in [0.15, 0.2) is 64.8 Å². The molecule has 3 aromatic rings. The number of hydrogen-bond donors (Lipinski definition) is 1. The summed E-state index contributed by atoms with van der Waals surface area (Å²) < 4.78 is 5.86. The van der Waals surface area contributed by atoms with E-state index in [1.54, 1.807) is 0 Å². The van der Waals surface area contributed by atoms with E-state index in [1.807, 2.05) is 56.3 Å². The highest BCUT2D eigenvalue weighted by Crippen LogP contribution is 2.35. The molecule has 2 aromatic carbocycles. The summed E-state index contributed by atoms with van der Waals surface area (Å²) >= 11 is 1.49. The Morgan fingerprint density at radius 3 is 2.35 bits per heavy atom. The molecule has 23 heavy (non-hydrogen) atoms.